The molecule has 1 aromatic carbocycles. The molecule has 1 fully saturated rings. The lowest BCUT2D eigenvalue weighted by atomic mass is 10.1. The fourth-order valence-electron chi connectivity index (χ4n) is 4.79. The molecular formula is C26H28ClFN6. The molecule has 4 heterocycles. The first-order valence-corrected chi connectivity index (χ1v) is 12.0. The summed E-state index contributed by atoms with van der Waals surface area (Å²) >= 11 is 6.40. The lowest BCUT2D eigenvalue weighted by Crippen LogP contribution is -2.52. The van der Waals surface area contributed by atoms with Gasteiger partial charge in [0.1, 0.15) is 17.5 Å². The Morgan fingerprint density at radius 3 is 2.50 bits per heavy atom. The van der Waals surface area contributed by atoms with Crippen LogP contribution in [0.1, 0.15) is 27.2 Å². The van der Waals surface area contributed by atoms with Crippen molar-refractivity contribution in [3.8, 4) is 11.3 Å². The standard InChI is InChI=1S/C26H28ClFN6/c1-17-6-7-18(2)34(17)26-30-23(20-8-10-21(28)11-9-20)15-24(31-26)33-14-13-32(16-19(33)3)25-22(27)5-4-12-29-25/h4-6,8-12,15,18-19H,7,13-14,16H2,1-3H3/t18?,19-/m1/s1. The number of aromatic nitrogens is 3. The minimum atomic E-state index is -0.261. The van der Waals surface area contributed by atoms with Crippen molar-refractivity contribution in [1.82, 2.24) is 15.0 Å². The van der Waals surface area contributed by atoms with Crippen LogP contribution in [0.4, 0.5) is 22.0 Å². The van der Waals surface area contributed by atoms with Crippen molar-refractivity contribution >= 4 is 29.2 Å². The normalized spacial score (nSPS) is 20.6. The molecule has 0 bridgehead atoms. The number of hydrogen-bond acceptors (Lipinski definition) is 6. The van der Waals surface area contributed by atoms with Crippen LogP contribution in [-0.4, -0.2) is 46.7 Å². The molecule has 0 saturated carbocycles. The predicted molar refractivity (Wildman–Crippen MR) is 136 cm³/mol. The summed E-state index contributed by atoms with van der Waals surface area (Å²) in [7, 11) is 0. The Hall–Kier alpha value is -3.19. The van der Waals surface area contributed by atoms with E-state index in [2.05, 4.69) is 46.5 Å². The fraction of sp³-hybridized carbons (Fsp3) is 0.346. The summed E-state index contributed by atoms with van der Waals surface area (Å²) in [5.41, 5.74) is 2.80. The van der Waals surface area contributed by atoms with Crippen LogP contribution in [0.3, 0.4) is 0 Å². The number of halogens is 2. The van der Waals surface area contributed by atoms with Gasteiger partial charge in [-0.1, -0.05) is 17.7 Å². The van der Waals surface area contributed by atoms with Crippen LogP contribution in [0.2, 0.25) is 5.02 Å². The minimum absolute atomic E-state index is 0.184. The summed E-state index contributed by atoms with van der Waals surface area (Å²) in [4.78, 5) is 21.1. The van der Waals surface area contributed by atoms with E-state index in [-0.39, 0.29) is 17.9 Å². The lowest BCUT2D eigenvalue weighted by Gasteiger charge is -2.41. The van der Waals surface area contributed by atoms with Crippen LogP contribution in [-0.2, 0) is 0 Å². The average Bonchev–Trinajstić information content (AvgIpc) is 3.17. The molecule has 1 saturated heterocycles. The topological polar surface area (TPSA) is 48.4 Å². The van der Waals surface area contributed by atoms with Crippen LogP contribution < -0.4 is 14.7 Å². The molecule has 3 aromatic rings. The van der Waals surface area contributed by atoms with E-state index in [1.54, 1.807) is 18.3 Å². The largest absolute Gasteiger partial charge is 0.352 e. The highest BCUT2D eigenvalue weighted by Crippen LogP contribution is 2.33. The fourth-order valence-corrected chi connectivity index (χ4v) is 5.03. The third-order valence-electron chi connectivity index (χ3n) is 6.59. The SMILES string of the molecule is CC1=CCC(C)N1c1nc(-c2ccc(F)cc2)cc(N2CCN(c3ncccc3Cl)C[C@H]2C)n1. The van der Waals surface area contributed by atoms with Crippen molar-refractivity contribution in [2.45, 2.75) is 39.3 Å². The van der Waals surface area contributed by atoms with Gasteiger partial charge in [0.15, 0.2) is 0 Å². The van der Waals surface area contributed by atoms with E-state index >= 15 is 0 Å². The quantitative estimate of drug-likeness (QED) is 0.490. The zero-order valence-electron chi connectivity index (χ0n) is 19.6. The average molecular weight is 479 g/mol. The van der Waals surface area contributed by atoms with Gasteiger partial charge >= 0.3 is 0 Å². The Kier molecular flexibility index (Phi) is 6.13. The maximum Gasteiger partial charge on any atom is 0.232 e. The third-order valence-corrected chi connectivity index (χ3v) is 6.89. The molecule has 6 nitrogen and oxygen atoms in total. The number of anilines is 3. The van der Waals surface area contributed by atoms with Crippen molar-refractivity contribution < 1.29 is 4.39 Å². The van der Waals surface area contributed by atoms with E-state index in [0.717, 1.165) is 54.6 Å². The molecule has 2 atom stereocenters. The Morgan fingerprint density at radius 1 is 1.03 bits per heavy atom. The molecular weight excluding hydrogens is 451 g/mol. The molecule has 2 aromatic heterocycles. The number of piperazine rings is 1. The van der Waals surface area contributed by atoms with Gasteiger partial charge in [-0.3, -0.25) is 0 Å². The molecule has 2 aliphatic heterocycles. The van der Waals surface area contributed by atoms with Crippen molar-refractivity contribution in [2.24, 2.45) is 0 Å². The van der Waals surface area contributed by atoms with Gasteiger partial charge in [0.2, 0.25) is 5.95 Å². The number of benzene rings is 1. The second kappa shape index (κ2) is 9.22. The molecule has 0 amide bonds. The van der Waals surface area contributed by atoms with Crippen molar-refractivity contribution in [3.05, 3.63) is 71.3 Å². The summed E-state index contributed by atoms with van der Waals surface area (Å²) in [6.07, 6.45) is 4.96. The zero-order chi connectivity index (χ0) is 23.8. The maximum atomic E-state index is 13.6. The van der Waals surface area contributed by atoms with E-state index in [1.807, 2.05) is 18.2 Å². The number of nitrogens with zero attached hydrogens (tertiary/aromatic N) is 6. The van der Waals surface area contributed by atoms with Gasteiger partial charge in [0.25, 0.3) is 0 Å². The van der Waals surface area contributed by atoms with Gasteiger partial charge < -0.3 is 14.7 Å². The van der Waals surface area contributed by atoms with Gasteiger partial charge in [0, 0.05) is 55.2 Å². The molecule has 0 spiro atoms. The van der Waals surface area contributed by atoms with Crippen LogP contribution in [0.15, 0.2) is 60.4 Å². The van der Waals surface area contributed by atoms with Gasteiger partial charge in [-0.25, -0.2) is 14.4 Å². The number of rotatable bonds is 4. The van der Waals surface area contributed by atoms with E-state index < -0.39 is 0 Å². The monoisotopic (exact) mass is 478 g/mol. The minimum Gasteiger partial charge on any atom is -0.352 e. The van der Waals surface area contributed by atoms with Gasteiger partial charge in [-0.05, 0) is 63.6 Å². The van der Waals surface area contributed by atoms with Crippen LogP contribution in [0.25, 0.3) is 11.3 Å². The summed E-state index contributed by atoms with van der Waals surface area (Å²) < 4.78 is 13.6. The van der Waals surface area contributed by atoms with E-state index in [1.165, 1.54) is 12.1 Å². The third kappa shape index (κ3) is 4.32. The van der Waals surface area contributed by atoms with Crippen molar-refractivity contribution in [3.63, 3.8) is 0 Å². The smallest absolute Gasteiger partial charge is 0.232 e. The highest BCUT2D eigenvalue weighted by molar-refractivity contribution is 6.32. The molecule has 0 radical (unpaired) electrons. The summed E-state index contributed by atoms with van der Waals surface area (Å²) in [5, 5.41) is 0.663. The van der Waals surface area contributed by atoms with Crippen LogP contribution >= 0.6 is 11.6 Å². The molecule has 0 N–H and O–H groups in total. The number of pyridine rings is 1. The number of hydrogen-bond donors (Lipinski definition) is 0. The Bertz CT molecular complexity index is 1210. The molecule has 2 aliphatic rings. The first kappa shape index (κ1) is 22.6. The zero-order valence-corrected chi connectivity index (χ0v) is 20.4. The highest BCUT2D eigenvalue weighted by Gasteiger charge is 2.29. The lowest BCUT2D eigenvalue weighted by molar-refractivity contribution is 0.542. The van der Waals surface area contributed by atoms with E-state index in [4.69, 9.17) is 21.6 Å². The molecule has 8 heteroatoms. The first-order valence-electron chi connectivity index (χ1n) is 11.6. The number of allylic oxidation sites excluding steroid dienone is 1. The van der Waals surface area contributed by atoms with Gasteiger partial charge in [-0.2, -0.15) is 4.98 Å². The van der Waals surface area contributed by atoms with Crippen LogP contribution in [0.5, 0.6) is 0 Å². The van der Waals surface area contributed by atoms with E-state index in [9.17, 15) is 4.39 Å². The predicted octanol–water partition coefficient (Wildman–Crippen LogP) is 5.55. The van der Waals surface area contributed by atoms with Crippen molar-refractivity contribution in [1.29, 1.82) is 0 Å². The van der Waals surface area contributed by atoms with Gasteiger partial charge in [0.05, 0.1) is 10.7 Å². The second-order valence-corrected chi connectivity index (χ2v) is 9.42. The van der Waals surface area contributed by atoms with Crippen LogP contribution in [0, 0.1) is 5.82 Å². The maximum absolute atomic E-state index is 13.6. The molecule has 34 heavy (non-hydrogen) atoms. The molecule has 1 unspecified atom stereocenters. The molecule has 176 valence electrons. The van der Waals surface area contributed by atoms with E-state index in [0.29, 0.717) is 11.0 Å². The highest BCUT2D eigenvalue weighted by atomic mass is 35.5. The summed E-state index contributed by atoms with van der Waals surface area (Å²) in [6, 6.07) is 12.7. The Balaban J connectivity index is 1.50. The second-order valence-electron chi connectivity index (χ2n) is 9.02. The summed E-state index contributed by atoms with van der Waals surface area (Å²) in [6.45, 7) is 8.80. The first-order chi connectivity index (χ1) is 16.4. The molecule has 0 aliphatic carbocycles. The Morgan fingerprint density at radius 2 is 1.82 bits per heavy atom. The van der Waals surface area contributed by atoms with Gasteiger partial charge in [-0.15, -0.1) is 0 Å². The Labute approximate surface area is 204 Å². The summed E-state index contributed by atoms with van der Waals surface area (Å²) in [5.74, 6) is 2.11. The van der Waals surface area contributed by atoms with Crippen molar-refractivity contribution in [2.75, 3.05) is 34.3 Å². The molecule has 5 rings (SSSR count).